The molecule has 0 aliphatic heterocycles. The molecule has 0 spiro atoms. The number of nitrogens with one attached hydrogen (secondary N) is 1. The summed E-state index contributed by atoms with van der Waals surface area (Å²) in [4.78, 5) is 15.9. The maximum absolute atomic E-state index is 11.3. The summed E-state index contributed by atoms with van der Waals surface area (Å²) in [6.07, 6.45) is 1.66. The van der Waals surface area contributed by atoms with Crippen LogP contribution in [0, 0.1) is 5.92 Å². The van der Waals surface area contributed by atoms with Crippen LogP contribution in [0.4, 0.5) is 0 Å². The predicted molar refractivity (Wildman–Crippen MR) is 82.2 cm³/mol. The highest BCUT2D eigenvalue weighted by Gasteiger charge is 2.40. The highest BCUT2D eigenvalue weighted by molar-refractivity contribution is 5.78. The summed E-state index contributed by atoms with van der Waals surface area (Å²) in [6.45, 7) is 6.82. The molecule has 1 saturated carbocycles. The van der Waals surface area contributed by atoms with Gasteiger partial charge in [-0.2, -0.15) is 0 Å². The van der Waals surface area contributed by atoms with Crippen molar-refractivity contribution in [2.75, 3.05) is 6.54 Å². The summed E-state index contributed by atoms with van der Waals surface area (Å²) in [5.74, 6) is 2.23. The molecule has 1 aliphatic carbocycles. The molecule has 2 aromatic rings. The molecular weight excluding hydrogens is 264 g/mol. The molecule has 4 nitrogen and oxygen atoms in total. The minimum Gasteiger partial charge on any atom is -0.440 e. The van der Waals surface area contributed by atoms with Crippen LogP contribution < -0.4 is 5.32 Å². The molecule has 0 radical (unpaired) electrons. The van der Waals surface area contributed by atoms with E-state index in [0.29, 0.717) is 24.2 Å². The summed E-state index contributed by atoms with van der Waals surface area (Å²) in [5.41, 5.74) is 3.11. The van der Waals surface area contributed by atoms with Gasteiger partial charge in [0.1, 0.15) is 5.52 Å². The van der Waals surface area contributed by atoms with Crippen molar-refractivity contribution >= 4 is 17.0 Å². The minimum absolute atomic E-state index is 0.126. The van der Waals surface area contributed by atoms with Gasteiger partial charge in [0.15, 0.2) is 11.5 Å². The van der Waals surface area contributed by atoms with Crippen molar-refractivity contribution < 1.29 is 9.21 Å². The number of fused-ring (bicyclic) bond motifs is 1. The number of carbonyl (C=O) groups excluding carboxylic acids is 1. The monoisotopic (exact) mass is 286 g/mol. The predicted octanol–water partition coefficient (Wildman–Crippen LogP) is 3.58. The van der Waals surface area contributed by atoms with E-state index in [-0.39, 0.29) is 5.91 Å². The van der Waals surface area contributed by atoms with E-state index in [1.165, 1.54) is 5.56 Å². The van der Waals surface area contributed by atoms with Gasteiger partial charge in [0.2, 0.25) is 5.91 Å². The van der Waals surface area contributed by atoms with E-state index >= 15 is 0 Å². The van der Waals surface area contributed by atoms with Crippen molar-refractivity contribution in [1.82, 2.24) is 10.3 Å². The lowest BCUT2D eigenvalue weighted by atomic mass is 10.1. The van der Waals surface area contributed by atoms with Crippen LogP contribution in [-0.2, 0) is 4.79 Å². The fraction of sp³-hybridized carbons (Fsp3) is 0.529. The van der Waals surface area contributed by atoms with Crippen molar-refractivity contribution in [3.05, 3.63) is 29.7 Å². The lowest BCUT2D eigenvalue weighted by molar-refractivity contribution is -0.120. The van der Waals surface area contributed by atoms with E-state index in [1.807, 2.05) is 19.1 Å². The Kier molecular flexibility index (Phi) is 3.70. The number of hydrogen-bond acceptors (Lipinski definition) is 3. The van der Waals surface area contributed by atoms with E-state index < -0.39 is 0 Å². The maximum atomic E-state index is 11.3. The zero-order valence-electron chi connectivity index (χ0n) is 12.8. The molecule has 1 aliphatic rings. The molecule has 0 saturated heterocycles. The zero-order chi connectivity index (χ0) is 15.0. The lowest BCUT2D eigenvalue weighted by Crippen LogP contribution is -2.24. The van der Waals surface area contributed by atoms with Gasteiger partial charge in [-0.05, 0) is 24.3 Å². The number of benzene rings is 1. The van der Waals surface area contributed by atoms with Crippen LogP contribution in [0.1, 0.15) is 56.9 Å². The lowest BCUT2D eigenvalue weighted by Gasteiger charge is -2.03. The average Bonchev–Trinajstić information content (AvgIpc) is 3.10. The third-order valence-corrected chi connectivity index (χ3v) is 4.16. The molecule has 1 heterocycles. The van der Waals surface area contributed by atoms with E-state index in [1.54, 1.807) is 0 Å². The fourth-order valence-electron chi connectivity index (χ4n) is 2.75. The second-order valence-electron chi connectivity index (χ2n) is 6.16. The summed E-state index contributed by atoms with van der Waals surface area (Å²) in [6, 6.07) is 6.18. The molecule has 112 valence electrons. The number of rotatable bonds is 5. The SMILES string of the molecule is CCC(=O)NC[C@@H]1C[C@H]1c1cccc2nc(C(C)C)oc12. The molecule has 2 atom stereocenters. The summed E-state index contributed by atoms with van der Waals surface area (Å²) in [5, 5.41) is 2.98. The van der Waals surface area contributed by atoms with Gasteiger partial charge >= 0.3 is 0 Å². The second-order valence-corrected chi connectivity index (χ2v) is 6.16. The van der Waals surface area contributed by atoms with Gasteiger partial charge in [-0.1, -0.05) is 32.9 Å². The van der Waals surface area contributed by atoms with Gasteiger partial charge in [0.25, 0.3) is 0 Å². The normalized spacial score (nSPS) is 21.0. The van der Waals surface area contributed by atoms with Gasteiger partial charge in [-0.3, -0.25) is 4.79 Å². The zero-order valence-corrected chi connectivity index (χ0v) is 12.8. The highest BCUT2D eigenvalue weighted by Crippen LogP contribution is 2.49. The van der Waals surface area contributed by atoms with Gasteiger partial charge in [-0.15, -0.1) is 0 Å². The second kappa shape index (κ2) is 5.51. The molecule has 1 aromatic carbocycles. The molecular formula is C17H22N2O2. The van der Waals surface area contributed by atoms with Crippen LogP contribution in [0.5, 0.6) is 0 Å². The third kappa shape index (κ3) is 2.80. The quantitative estimate of drug-likeness (QED) is 0.914. The smallest absolute Gasteiger partial charge is 0.219 e. The molecule has 1 aromatic heterocycles. The minimum atomic E-state index is 0.126. The van der Waals surface area contributed by atoms with Crippen molar-refractivity contribution in [2.24, 2.45) is 5.92 Å². The Hall–Kier alpha value is -1.84. The number of carbonyl (C=O) groups is 1. The van der Waals surface area contributed by atoms with E-state index in [9.17, 15) is 4.79 Å². The Morgan fingerprint density at radius 3 is 3.00 bits per heavy atom. The first-order valence-corrected chi connectivity index (χ1v) is 7.76. The Bertz CT molecular complexity index is 660. The molecule has 0 bridgehead atoms. The van der Waals surface area contributed by atoms with Crippen molar-refractivity contribution in [1.29, 1.82) is 0 Å². The maximum Gasteiger partial charge on any atom is 0.219 e. The van der Waals surface area contributed by atoms with E-state index in [4.69, 9.17) is 4.42 Å². The Morgan fingerprint density at radius 1 is 1.48 bits per heavy atom. The Balaban J connectivity index is 1.77. The number of nitrogens with zero attached hydrogens (tertiary/aromatic N) is 1. The van der Waals surface area contributed by atoms with Gasteiger partial charge in [0, 0.05) is 24.4 Å². The van der Waals surface area contributed by atoms with Gasteiger partial charge in [-0.25, -0.2) is 4.98 Å². The van der Waals surface area contributed by atoms with Crippen LogP contribution in [0.2, 0.25) is 0 Å². The van der Waals surface area contributed by atoms with E-state index in [2.05, 4.69) is 30.2 Å². The topological polar surface area (TPSA) is 55.1 Å². The number of aromatic nitrogens is 1. The molecule has 0 unspecified atom stereocenters. The summed E-state index contributed by atoms with van der Waals surface area (Å²) in [7, 11) is 0. The first kappa shape index (κ1) is 14.1. The average molecular weight is 286 g/mol. The first-order chi connectivity index (χ1) is 10.1. The number of hydrogen-bond donors (Lipinski definition) is 1. The molecule has 1 amide bonds. The summed E-state index contributed by atoms with van der Waals surface area (Å²) >= 11 is 0. The molecule has 21 heavy (non-hydrogen) atoms. The third-order valence-electron chi connectivity index (χ3n) is 4.16. The Morgan fingerprint density at radius 2 is 2.29 bits per heavy atom. The van der Waals surface area contributed by atoms with E-state index in [0.717, 1.165) is 30.0 Å². The van der Waals surface area contributed by atoms with Crippen LogP contribution >= 0.6 is 0 Å². The number of amides is 1. The van der Waals surface area contributed by atoms with Gasteiger partial charge < -0.3 is 9.73 Å². The number of para-hydroxylation sites is 1. The molecule has 1 fully saturated rings. The van der Waals surface area contributed by atoms with Crippen LogP contribution in [0.3, 0.4) is 0 Å². The van der Waals surface area contributed by atoms with Crippen molar-refractivity contribution in [3.63, 3.8) is 0 Å². The van der Waals surface area contributed by atoms with Crippen LogP contribution in [-0.4, -0.2) is 17.4 Å². The van der Waals surface area contributed by atoms with Crippen LogP contribution in [0.25, 0.3) is 11.1 Å². The highest BCUT2D eigenvalue weighted by atomic mass is 16.3. The first-order valence-electron chi connectivity index (χ1n) is 7.76. The standard InChI is InChI=1S/C17H22N2O2/c1-4-15(20)18-9-11-8-13(11)12-6-5-7-14-16(12)21-17(19-14)10(2)3/h5-7,10-11,13H,4,8-9H2,1-3H3,(H,18,20)/t11-,13+/m0/s1. The molecule has 4 heteroatoms. The van der Waals surface area contributed by atoms with Gasteiger partial charge in [0.05, 0.1) is 0 Å². The molecule has 3 rings (SSSR count). The fourth-order valence-corrected chi connectivity index (χ4v) is 2.75. The molecule has 1 N–H and O–H groups in total. The van der Waals surface area contributed by atoms with Crippen molar-refractivity contribution in [2.45, 2.75) is 45.4 Å². The Labute approximate surface area is 124 Å². The summed E-state index contributed by atoms with van der Waals surface area (Å²) < 4.78 is 5.96. The van der Waals surface area contributed by atoms with Crippen molar-refractivity contribution in [3.8, 4) is 0 Å². The largest absolute Gasteiger partial charge is 0.440 e. The number of oxazole rings is 1. The van der Waals surface area contributed by atoms with Crippen LogP contribution in [0.15, 0.2) is 22.6 Å².